The van der Waals surface area contributed by atoms with Gasteiger partial charge >= 0.3 is 11.9 Å². The number of fused-ring (bicyclic) bond motifs is 2. The smallest absolute Gasteiger partial charge is 0.337 e. The summed E-state index contributed by atoms with van der Waals surface area (Å²) in [6.07, 6.45) is 4.59. The van der Waals surface area contributed by atoms with E-state index in [9.17, 15) is 9.59 Å². The highest BCUT2D eigenvalue weighted by Gasteiger charge is 2.51. The second-order valence-corrected chi connectivity index (χ2v) is 11.0. The Kier molecular flexibility index (Phi) is 7.22. The van der Waals surface area contributed by atoms with Gasteiger partial charge in [0.1, 0.15) is 12.1 Å². The third-order valence-electron chi connectivity index (χ3n) is 7.91. The van der Waals surface area contributed by atoms with Gasteiger partial charge in [0.25, 0.3) is 0 Å². The van der Waals surface area contributed by atoms with E-state index in [1.54, 1.807) is 12.1 Å². The van der Waals surface area contributed by atoms with Crippen molar-refractivity contribution < 1.29 is 19.1 Å². The summed E-state index contributed by atoms with van der Waals surface area (Å²) in [5.41, 5.74) is 13.4. The van der Waals surface area contributed by atoms with E-state index in [4.69, 9.17) is 15.2 Å². The molecule has 0 amide bonds. The molecule has 0 aromatic heterocycles. The first-order valence-corrected chi connectivity index (χ1v) is 13.3. The molecule has 3 atom stereocenters. The number of methoxy groups -OCH3 is 1. The summed E-state index contributed by atoms with van der Waals surface area (Å²) in [5.74, 6) is -0.431. The Labute approximate surface area is 224 Å². The summed E-state index contributed by atoms with van der Waals surface area (Å²) in [5, 5.41) is 0. The van der Waals surface area contributed by atoms with Crippen LogP contribution in [-0.2, 0) is 33.5 Å². The fourth-order valence-corrected chi connectivity index (χ4v) is 6.06. The van der Waals surface area contributed by atoms with E-state index < -0.39 is 17.6 Å². The van der Waals surface area contributed by atoms with Crippen LogP contribution < -0.4 is 5.73 Å². The molecule has 3 aromatic carbocycles. The summed E-state index contributed by atoms with van der Waals surface area (Å²) in [7, 11) is 1.38. The number of carbonyl (C=O) groups excluding carboxylic acids is 2. The molecule has 2 N–H and O–H groups in total. The molecule has 5 rings (SSSR count). The van der Waals surface area contributed by atoms with Crippen molar-refractivity contribution in [1.29, 1.82) is 0 Å². The van der Waals surface area contributed by atoms with Crippen LogP contribution in [0.1, 0.15) is 64.5 Å². The highest BCUT2D eigenvalue weighted by atomic mass is 16.5. The fraction of sp³-hybridized carbons (Fsp3) is 0.333. The minimum absolute atomic E-state index is 0.290. The maximum absolute atomic E-state index is 13.4. The zero-order valence-corrected chi connectivity index (χ0v) is 22.3. The quantitative estimate of drug-likeness (QED) is 0.385. The number of nitrogens with two attached hydrogens (primary N) is 1. The summed E-state index contributed by atoms with van der Waals surface area (Å²) in [6.45, 7) is 4.11. The number of ether oxygens (including phenoxy) is 2. The molecule has 0 fully saturated rings. The van der Waals surface area contributed by atoms with Gasteiger partial charge < -0.3 is 15.2 Å². The van der Waals surface area contributed by atoms with Crippen LogP contribution in [0.2, 0.25) is 0 Å². The van der Waals surface area contributed by atoms with Crippen molar-refractivity contribution in [2.45, 2.75) is 51.7 Å². The van der Waals surface area contributed by atoms with Crippen molar-refractivity contribution in [3.05, 3.63) is 112 Å². The maximum atomic E-state index is 13.4. The highest BCUT2D eigenvalue weighted by molar-refractivity contribution is 5.89. The van der Waals surface area contributed by atoms with Gasteiger partial charge in [-0.3, -0.25) is 4.79 Å². The molecule has 196 valence electrons. The second kappa shape index (κ2) is 10.6. The Bertz CT molecular complexity index is 1370. The number of hydrogen-bond donors (Lipinski definition) is 1. The molecule has 0 aliphatic heterocycles. The minimum Gasteiger partial charge on any atom is -0.465 e. The molecule has 3 aromatic rings. The summed E-state index contributed by atoms with van der Waals surface area (Å²) < 4.78 is 11.3. The summed E-state index contributed by atoms with van der Waals surface area (Å²) in [6, 6.07) is 23.6. The standard InChI is InChI=1S/C33H35NO4/c1-21(2)16-29(34)32(36)38-30-28-11-7-6-10-26(28)20-33(30,27-17-24-8-4-5-9-25(24)18-27)19-22-12-14-23(15-13-22)31(35)37-3/h4-15,17,21,29-30H,16,18-20,34H2,1-3H3. The SMILES string of the molecule is COC(=O)c1ccc(CC2(C3=Cc4ccccc4C3)Cc3ccccc3C2OC(=O)C(N)CC(C)C)cc1. The Morgan fingerprint density at radius 3 is 2.34 bits per heavy atom. The topological polar surface area (TPSA) is 78.6 Å². The average Bonchev–Trinajstić information content (AvgIpc) is 3.48. The van der Waals surface area contributed by atoms with Gasteiger partial charge in [-0.25, -0.2) is 4.79 Å². The van der Waals surface area contributed by atoms with Crippen molar-refractivity contribution in [3.8, 4) is 0 Å². The monoisotopic (exact) mass is 509 g/mol. The van der Waals surface area contributed by atoms with Gasteiger partial charge in [-0.15, -0.1) is 0 Å². The van der Waals surface area contributed by atoms with Gasteiger partial charge in [-0.05, 0) is 71.6 Å². The third-order valence-corrected chi connectivity index (χ3v) is 7.91. The normalized spacial score (nSPS) is 20.4. The first-order chi connectivity index (χ1) is 18.3. The highest BCUT2D eigenvalue weighted by Crippen LogP contribution is 2.56. The van der Waals surface area contributed by atoms with Gasteiger partial charge in [0.05, 0.1) is 12.7 Å². The van der Waals surface area contributed by atoms with Crippen LogP contribution in [0.4, 0.5) is 0 Å². The Hall–Kier alpha value is -3.70. The molecule has 0 radical (unpaired) electrons. The minimum atomic E-state index is -0.672. The van der Waals surface area contributed by atoms with Crippen molar-refractivity contribution in [2.24, 2.45) is 17.1 Å². The molecule has 5 nitrogen and oxygen atoms in total. The van der Waals surface area contributed by atoms with Crippen LogP contribution in [0, 0.1) is 11.3 Å². The van der Waals surface area contributed by atoms with Gasteiger partial charge in [0, 0.05) is 5.41 Å². The summed E-state index contributed by atoms with van der Waals surface area (Å²) >= 11 is 0. The van der Waals surface area contributed by atoms with E-state index in [0.29, 0.717) is 24.3 Å². The van der Waals surface area contributed by atoms with Crippen LogP contribution in [0.3, 0.4) is 0 Å². The number of benzene rings is 3. The van der Waals surface area contributed by atoms with Gasteiger partial charge in [0.2, 0.25) is 0 Å². The van der Waals surface area contributed by atoms with Gasteiger partial charge in [-0.1, -0.05) is 86.2 Å². The number of hydrogen-bond acceptors (Lipinski definition) is 5. The predicted molar refractivity (Wildman–Crippen MR) is 148 cm³/mol. The largest absolute Gasteiger partial charge is 0.465 e. The van der Waals surface area contributed by atoms with Crippen molar-refractivity contribution in [1.82, 2.24) is 0 Å². The number of esters is 2. The van der Waals surface area contributed by atoms with E-state index in [-0.39, 0.29) is 11.9 Å². The van der Waals surface area contributed by atoms with Gasteiger partial charge in [0.15, 0.2) is 0 Å². The van der Waals surface area contributed by atoms with Crippen LogP contribution in [0.5, 0.6) is 0 Å². The lowest BCUT2D eigenvalue weighted by atomic mass is 9.70. The average molecular weight is 510 g/mol. The zero-order chi connectivity index (χ0) is 26.9. The lowest BCUT2D eigenvalue weighted by molar-refractivity contribution is -0.156. The Morgan fingerprint density at radius 2 is 1.66 bits per heavy atom. The molecule has 38 heavy (non-hydrogen) atoms. The maximum Gasteiger partial charge on any atom is 0.337 e. The zero-order valence-electron chi connectivity index (χ0n) is 22.3. The number of carbonyl (C=O) groups is 2. The Morgan fingerprint density at radius 1 is 0.974 bits per heavy atom. The van der Waals surface area contributed by atoms with Crippen LogP contribution in [0.25, 0.3) is 6.08 Å². The van der Waals surface area contributed by atoms with Crippen molar-refractivity contribution in [2.75, 3.05) is 7.11 Å². The number of rotatable bonds is 8. The molecule has 0 bridgehead atoms. The van der Waals surface area contributed by atoms with E-state index in [1.807, 2.05) is 24.3 Å². The third kappa shape index (κ3) is 4.91. The first-order valence-electron chi connectivity index (χ1n) is 13.3. The Balaban J connectivity index is 1.58. The molecule has 5 heteroatoms. The van der Waals surface area contributed by atoms with Gasteiger partial charge in [-0.2, -0.15) is 0 Å². The molecule has 0 saturated heterocycles. The lowest BCUT2D eigenvalue weighted by Gasteiger charge is -2.38. The second-order valence-electron chi connectivity index (χ2n) is 11.0. The van der Waals surface area contributed by atoms with E-state index in [0.717, 1.165) is 24.0 Å². The van der Waals surface area contributed by atoms with E-state index in [1.165, 1.54) is 29.4 Å². The molecular weight excluding hydrogens is 474 g/mol. The lowest BCUT2D eigenvalue weighted by Crippen LogP contribution is -2.39. The molecular formula is C33H35NO4. The molecule has 0 spiro atoms. The van der Waals surface area contributed by atoms with Crippen LogP contribution in [0.15, 0.2) is 78.4 Å². The van der Waals surface area contributed by atoms with E-state index >= 15 is 0 Å². The predicted octanol–water partition coefficient (Wildman–Crippen LogP) is 5.86. The van der Waals surface area contributed by atoms with Crippen LogP contribution >= 0.6 is 0 Å². The van der Waals surface area contributed by atoms with Crippen molar-refractivity contribution in [3.63, 3.8) is 0 Å². The molecule has 3 unspecified atom stereocenters. The van der Waals surface area contributed by atoms with E-state index in [2.05, 4.69) is 56.3 Å². The molecule has 2 aliphatic carbocycles. The fourth-order valence-electron chi connectivity index (χ4n) is 6.06. The summed E-state index contributed by atoms with van der Waals surface area (Å²) in [4.78, 5) is 25.4. The van der Waals surface area contributed by atoms with Crippen molar-refractivity contribution >= 4 is 18.0 Å². The first kappa shape index (κ1) is 25.9. The van der Waals surface area contributed by atoms with Crippen LogP contribution in [-0.4, -0.2) is 25.1 Å². The molecule has 0 heterocycles. The molecule has 0 saturated carbocycles. The molecule has 2 aliphatic rings.